The molecule has 0 fully saturated rings. The van der Waals surface area contributed by atoms with Gasteiger partial charge in [0.15, 0.2) is 6.61 Å². The Bertz CT molecular complexity index is 421. The summed E-state index contributed by atoms with van der Waals surface area (Å²) in [6.07, 6.45) is 4.98. The lowest BCUT2D eigenvalue weighted by molar-refractivity contribution is 0.0556. The Labute approximate surface area is 94.3 Å². The van der Waals surface area contributed by atoms with Crippen LogP contribution >= 0.6 is 0 Å². The maximum absolute atomic E-state index is 11.5. The van der Waals surface area contributed by atoms with Gasteiger partial charge in [-0.1, -0.05) is 5.92 Å². The molecular formula is C12H13NO3. The second-order valence-electron chi connectivity index (χ2n) is 2.97. The van der Waals surface area contributed by atoms with Gasteiger partial charge in [-0.2, -0.15) is 0 Å². The van der Waals surface area contributed by atoms with E-state index in [1.807, 2.05) is 6.92 Å². The molecule has 0 saturated carbocycles. The highest BCUT2D eigenvalue weighted by Gasteiger charge is 2.09. The Morgan fingerprint density at radius 3 is 2.94 bits per heavy atom. The van der Waals surface area contributed by atoms with Gasteiger partial charge < -0.3 is 15.2 Å². The van der Waals surface area contributed by atoms with E-state index >= 15 is 0 Å². The lowest BCUT2D eigenvalue weighted by Gasteiger charge is -2.08. The van der Waals surface area contributed by atoms with Crippen molar-refractivity contribution in [1.29, 1.82) is 0 Å². The lowest BCUT2D eigenvalue weighted by Crippen LogP contribution is -2.06. The molecule has 0 spiro atoms. The second kappa shape index (κ2) is 5.66. The van der Waals surface area contributed by atoms with Crippen LogP contribution in [0, 0.1) is 12.3 Å². The van der Waals surface area contributed by atoms with E-state index in [1.54, 1.807) is 12.1 Å². The summed E-state index contributed by atoms with van der Waals surface area (Å²) >= 11 is 0. The summed E-state index contributed by atoms with van der Waals surface area (Å²) in [5.41, 5.74) is 6.52. The quantitative estimate of drug-likeness (QED) is 0.473. The molecule has 16 heavy (non-hydrogen) atoms. The molecule has 0 saturated heterocycles. The predicted octanol–water partition coefficient (Wildman–Crippen LogP) is 1.46. The number of carbonyl (C=O) groups is 1. The van der Waals surface area contributed by atoms with Gasteiger partial charge in [-0.25, -0.2) is 4.79 Å². The van der Waals surface area contributed by atoms with Crippen molar-refractivity contribution in [3.8, 4) is 18.1 Å². The average Bonchev–Trinajstić information content (AvgIpc) is 2.29. The number of nitrogens with two attached hydrogens (primary N) is 1. The molecule has 0 atom stereocenters. The summed E-state index contributed by atoms with van der Waals surface area (Å²) in [4.78, 5) is 11.5. The first-order valence-corrected chi connectivity index (χ1v) is 4.82. The first-order chi connectivity index (χ1) is 7.69. The molecule has 0 aliphatic carbocycles. The molecule has 0 heterocycles. The third kappa shape index (κ3) is 2.92. The van der Waals surface area contributed by atoms with Crippen molar-refractivity contribution in [3.05, 3.63) is 23.8 Å². The summed E-state index contributed by atoms with van der Waals surface area (Å²) in [5.74, 6) is 2.20. The first-order valence-electron chi connectivity index (χ1n) is 4.82. The molecule has 1 rings (SSSR count). The molecule has 0 bridgehead atoms. The Balaban J connectivity index is 2.86. The number of benzene rings is 1. The number of nitrogen functional groups attached to an aromatic ring is 1. The zero-order valence-corrected chi connectivity index (χ0v) is 9.03. The van der Waals surface area contributed by atoms with E-state index in [4.69, 9.17) is 21.6 Å². The van der Waals surface area contributed by atoms with Crippen LogP contribution in [0.1, 0.15) is 17.3 Å². The smallest absolute Gasteiger partial charge is 0.339 e. The molecule has 0 radical (unpaired) electrons. The van der Waals surface area contributed by atoms with Gasteiger partial charge in [-0.3, -0.25) is 0 Å². The lowest BCUT2D eigenvalue weighted by atomic mass is 10.2. The van der Waals surface area contributed by atoms with Crippen LogP contribution in [0.5, 0.6) is 5.75 Å². The largest absolute Gasteiger partial charge is 0.492 e. The van der Waals surface area contributed by atoms with Crippen molar-refractivity contribution in [2.24, 2.45) is 0 Å². The third-order valence-electron chi connectivity index (χ3n) is 1.84. The molecule has 4 nitrogen and oxygen atoms in total. The standard InChI is InChI=1S/C12H13NO3/c1-3-7-16-12(14)9-5-6-10(13)11(8-9)15-4-2/h1,5-6,8H,4,7,13H2,2H3. The summed E-state index contributed by atoms with van der Waals surface area (Å²) in [5, 5.41) is 0. The van der Waals surface area contributed by atoms with Crippen molar-refractivity contribution >= 4 is 11.7 Å². The molecule has 2 N–H and O–H groups in total. The van der Waals surface area contributed by atoms with E-state index in [0.29, 0.717) is 23.6 Å². The van der Waals surface area contributed by atoms with E-state index < -0.39 is 5.97 Å². The van der Waals surface area contributed by atoms with Crippen LogP contribution in [-0.4, -0.2) is 19.2 Å². The van der Waals surface area contributed by atoms with Crippen molar-refractivity contribution in [3.63, 3.8) is 0 Å². The van der Waals surface area contributed by atoms with E-state index in [0.717, 1.165) is 0 Å². The van der Waals surface area contributed by atoms with E-state index in [2.05, 4.69) is 5.92 Å². The summed E-state index contributed by atoms with van der Waals surface area (Å²) in [7, 11) is 0. The van der Waals surface area contributed by atoms with Crippen LogP contribution in [0.2, 0.25) is 0 Å². The van der Waals surface area contributed by atoms with Crippen LogP contribution in [0.3, 0.4) is 0 Å². The Hall–Kier alpha value is -2.15. The molecule has 0 aromatic heterocycles. The first kappa shape index (κ1) is 11.9. The molecule has 0 aliphatic rings. The minimum Gasteiger partial charge on any atom is -0.492 e. The molecule has 0 aliphatic heterocycles. The number of rotatable bonds is 4. The van der Waals surface area contributed by atoms with E-state index in [-0.39, 0.29) is 6.61 Å². The molecule has 0 amide bonds. The maximum Gasteiger partial charge on any atom is 0.339 e. The van der Waals surface area contributed by atoms with E-state index in [1.165, 1.54) is 6.07 Å². The minimum absolute atomic E-state index is 0.0484. The number of hydrogen-bond donors (Lipinski definition) is 1. The predicted molar refractivity (Wildman–Crippen MR) is 61.1 cm³/mol. The fourth-order valence-corrected chi connectivity index (χ4v) is 1.13. The Morgan fingerprint density at radius 1 is 1.56 bits per heavy atom. The fraction of sp³-hybridized carbons (Fsp3) is 0.250. The molecule has 1 aromatic rings. The highest BCUT2D eigenvalue weighted by atomic mass is 16.5. The van der Waals surface area contributed by atoms with Gasteiger partial charge >= 0.3 is 5.97 Å². The number of ether oxygens (including phenoxy) is 2. The average molecular weight is 219 g/mol. The maximum atomic E-state index is 11.5. The zero-order valence-electron chi connectivity index (χ0n) is 9.03. The highest BCUT2D eigenvalue weighted by Crippen LogP contribution is 2.23. The van der Waals surface area contributed by atoms with Crippen LogP contribution < -0.4 is 10.5 Å². The topological polar surface area (TPSA) is 61.5 Å². The number of hydrogen-bond acceptors (Lipinski definition) is 4. The Kier molecular flexibility index (Phi) is 4.22. The summed E-state index contributed by atoms with van der Waals surface area (Å²) < 4.78 is 10.0. The van der Waals surface area contributed by atoms with Crippen molar-refractivity contribution < 1.29 is 14.3 Å². The van der Waals surface area contributed by atoms with Gasteiger partial charge in [0.2, 0.25) is 0 Å². The molecular weight excluding hydrogens is 206 g/mol. The highest BCUT2D eigenvalue weighted by molar-refractivity contribution is 5.90. The van der Waals surface area contributed by atoms with Crippen LogP contribution in [0.15, 0.2) is 18.2 Å². The van der Waals surface area contributed by atoms with Crippen LogP contribution in [-0.2, 0) is 4.74 Å². The van der Waals surface area contributed by atoms with Gasteiger partial charge in [0.05, 0.1) is 17.9 Å². The van der Waals surface area contributed by atoms with Gasteiger partial charge in [0.1, 0.15) is 5.75 Å². The van der Waals surface area contributed by atoms with Gasteiger partial charge in [-0.05, 0) is 25.1 Å². The SMILES string of the molecule is C#CCOC(=O)c1ccc(N)c(OCC)c1. The van der Waals surface area contributed by atoms with E-state index in [9.17, 15) is 4.79 Å². The summed E-state index contributed by atoms with van der Waals surface area (Å²) in [6.45, 7) is 2.27. The number of carbonyl (C=O) groups excluding carboxylic acids is 1. The Morgan fingerprint density at radius 2 is 2.31 bits per heavy atom. The molecule has 84 valence electrons. The van der Waals surface area contributed by atoms with Crippen molar-refractivity contribution in [1.82, 2.24) is 0 Å². The third-order valence-corrected chi connectivity index (χ3v) is 1.84. The van der Waals surface area contributed by atoms with Gasteiger partial charge in [0.25, 0.3) is 0 Å². The number of anilines is 1. The second-order valence-corrected chi connectivity index (χ2v) is 2.97. The minimum atomic E-state index is -0.487. The monoisotopic (exact) mass is 219 g/mol. The van der Waals surface area contributed by atoms with Crippen molar-refractivity contribution in [2.45, 2.75) is 6.92 Å². The zero-order chi connectivity index (χ0) is 12.0. The molecule has 1 aromatic carbocycles. The van der Waals surface area contributed by atoms with Gasteiger partial charge in [0, 0.05) is 0 Å². The van der Waals surface area contributed by atoms with Crippen LogP contribution in [0.4, 0.5) is 5.69 Å². The fourth-order valence-electron chi connectivity index (χ4n) is 1.13. The molecule has 4 heteroatoms. The van der Waals surface area contributed by atoms with Crippen LogP contribution in [0.25, 0.3) is 0 Å². The molecule has 0 unspecified atom stereocenters. The van der Waals surface area contributed by atoms with Crippen molar-refractivity contribution in [2.75, 3.05) is 18.9 Å². The summed E-state index contributed by atoms with van der Waals surface area (Å²) in [6, 6.07) is 4.70. The normalized spacial score (nSPS) is 9.25. The number of esters is 1. The number of terminal acetylenes is 1. The van der Waals surface area contributed by atoms with Gasteiger partial charge in [-0.15, -0.1) is 6.42 Å².